The first-order valence-corrected chi connectivity index (χ1v) is 7.37. The van der Waals surface area contributed by atoms with Gasteiger partial charge in [0.15, 0.2) is 5.69 Å². The molecule has 0 aliphatic rings. The second-order valence-electron chi connectivity index (χ2n) is 5.54. The zero-order chi connectivity index (χ0) is 17.9. The minimum absolute atomic E-state index is 0.0355. The predicted molar refractivity (Wildman–Crippen MR) is 84.9 cm³/mol. The van der Waals surface area contributed by atoms with Crippen molar-refractivity contribution >= 4 is 11.6 Å². The van der Waals surface area contributed by atoms with Gasteiger partial charge in [0.25, 0.3) is 5.91 Å². The van der Waals surface area contributed by atoms with Crippen LogP contribution in [0, 0.1) is 0 Å². The van der Waals surface area contributed by atoms with Crippen LogP contribution in [0.2, 0.25) is 0 Å². The predicted octanol–water partition coefficient (Wildman–Crippen LogP) is 2.69. The summed E-state index contributed by atoms with van der Waals surface area (Å²) in [5.74, 6) is -0.589. The second kappa shape index (κ2) is 6.94. The molecule has 0 bridgehead atoms. The zero-order valence-corrected chi connectivity index (χ0v) is 13.6. The van der Waals surface area contributed by atoms with Crippen molar-refractivity contribution in [2.75, 3.05) is 18.5 Å². The first-order valence-electron chi connectivity index (χ1n) is 7.37. The molecule has 0 spiro atoms. The highest BCUT2D eigenvalue weighted by molar-refractivity contribution is 5.92. The Morgan fingerprint density at radius 3 is 2.50 bits per heavy atom. The molecule has 2 rings (SSSR count). The zero-order valence-electron chi connectivity index (χ0n) is 13.6. The Kier molecular flexibility index (Phi) is 5.16. The number of nitrogens with one attached hydrogen (secondary N) is 1. The number of hydrogen-bond donors (Lipinski definition) is 1. The van der Waals surface area contributed by atoms with Gasteiger partial charge in [-0.15, -0.1) is 0 Å². The van der Waals surface area contributed by atoms with E-state index in [2.05, 4.69) is 10.4 Å². The van der Waals surface area contributed by atoms with Crippen LogP contribution in [0.15, 0.2) is 36.4 Å². The van der Waals surface area contributed by atoms with Gasteiger partial charge >= 0.3 is 6.18 Å². The molecule has 0 unspecified atom stereocenters. The van der Waals surface area contributed by atoms with Crippen LogP contribution in [0.25, 0.3) is 0 Å². The third-order valence-electron chi connectivity index (χ3n) is 3.79. The van der Waals surface area contributed by atoms with Crippen LogP contribution in [0.3, 0.4) is 0 Å². The number of alkyl halides is 3. The summed E-state index contributed by atoms with van der Waals surface area (Å²) in [4.78, 5) is 14.1. The molecule has 0 aliphatic carbocycles. The minimum Gasteiger partial charge on any atom is -0.370 e. The monoisotopic (exact) mass is 340 g/mol. The Balaban J connectivity index is 1.99. The van der Waals surface area contributed by atoms with Gasteiger partial charge in [-0.05, 0) is 19.1 Å². The smallest absolute Gasteiger partial charge is 0.370 e. The van der Waals surface area contributed by atoms with E-state index in [1.807, 2.05) is 49.2 Å². The van der Waals surface area contributed by atoms with Gasteiger partial charge in [-0.1, -0.05) is 18.2 Å². The average molecular weight is 340 g/mol. The molecule has 1 aromatic heterocycles. The van der Waals surface area contributed by atoms with Crippen molar-refractivity contribution in [1.82, 2.24) is 15.1 Å². The van der Waals surface area contributed by atoms with E-state index in [9.17, 15) is 18.0 Å². The number of aryl methyl sites for hydroxylation is 1. The molecule has 1 atom stereocenters. The summed E-state index contributed by atoms with van der Waals surface area (Å²) in [5, 5.41) is 5.98. The number of nitrogens with zero attached hydrogens (tertiary/aromatic N) is 3. The number of aromatic nitrogens is 2. The van der Waals surface area contributed by atoms with E-state index in [0.29, 0.717) is 0 Å². The van der Waals surface area contributed by atoms with Crippen molar-refractivity contribution in [1.29, 1.82) is 0 Å². The van der Waals surface area contributed by atoms with Crippen LogP contribution in [-0.2, 0) is 13.2 Å². The van der Waals surface area contributed by atoms with Gasteiger partial charge in [0.1, 0.15) is 5.69 Å². The number of rotatable bonds is 5. The lowest BCUT2D eigenvalue weighted by atomic mass is 10.2. The molecule has 0 aliphatic heterocycles. The Hall–Kier alpha value is -2.51. The number of carbonyl (C=O) groups excluding carboxylic acids is 1. The van der Waals surface area contributed by atoms with Crippen molar-refractivity contribution in [2.45, 2.75) is 19.1 Å². The summed E-state index contributed by atoms with van der Waals surface area (Å²) >= 11 is 0. The lowest BCUT2D eigenvalue weighted by Crippen LogP contribution is -2.40. The van der Waals surface area contributed by atoms with E-state index in [1.54, 1.807) is 0 Å². The number of hydrogen-bond acceptors (Lipinski definition) is 3. The number of anilines is 1. The fourth-order valence-electron chi connectivity index (χ4n) is 2.20. The quantitative estimate of drug-likeness (QED) is 0.910. The SMILES string of the molecule is C[C@@H](CNC(=O)c1cc(C(F)(F)F)nn1C)N(C)c1ccccc1. The summed E-state index contributed by atoms with van der Waals surface area (Å²) in [6, 6.07) is 10.3. The number of para-hydroxylation sites is 1. The van der Waals surface area contributed by atoms with Gasteiger partial charge in [-0.2, -0.15) is 18.3 Å². The van der Waals surface area contributed by atoms with E-state index in [1.165, 1.54) is 7.05 Å². The normalized spacial score (nSPS) is 12.8. The third-order valence-corrected chi connectivity index (χ3v) is 3.79. The number of halogens is 3. The molecule has 1 aromatic carbocycles. The lowest BCUT2D eigenvalue weighted by molar-refractivity contribution is -0.141. The second-order valence-corrected chi connectivity index (χ2v) is 5.54. The molecule has 1 heterocycles. The molecule has 5 nitrogen and oxygen atoms in total. The number of likely N-dealkylation sites (N-methyl/N-ethyl adjacent to an activating group) is 1. The van der Waals surface area contributed by atoms with E-state index < -0.39 is 17.8 Å². The molecule has 130 valence electrons. The maximum absolute atomic E-state index is 12.6. The maximum atomic E-state index is 12.6. The standard InChI is InChI=1S/C16H19F3N4O/c1-11(22(2)12-7-5-4-6-8-12)10-20-15(24)13-9-14(16(17,18)19)21-23(13)3/h4-9,11H,10H2,1-3H3,(H,20,24)/t11-/m0/s1. The van der Waals surface area contributed by atoms with E-state index in [0.717, 1.165) is 16.4 Å². The molecule has 8 heteroatoms. The largest absolute Gasteiger partial charge is 0.435 e. The topological polar surface area (TPSA) is 50.2 Å². The fourth-order valence-corrected chi connectivity index (χ4v) is 2.20. The van der Waals surface area contributed by atoms with E-state index in [4.69, 9.17) is 0 Å². The molecule has 0 saturated heterocycles. The van der Waals surface area contributed by atoms with E-state index in [-0.39, 0.29) is 18.3 Å². The Bertz CT molecular complexity index is 697. The first kappa shape index (κ1) is 17.8. The van der Waals surface area contributed by atoms with Crippen LogP contribution >= 0.6 is 0 Å². The molecule has 1 N–H and O–H groups in total. The van der Waals surface area contributed by atoms with Crippen molar-refractivity contribution < 1.29 is 18.0 Å². The summed E-state index contributed by atoms with van der Waals surface area (Å²) < 4.78 is 38.8. The van der Waals surface area contributed by atoms with Gasteiger partial charge in [0.05, 0.1) is 0 Å². The average Bonchev–Trinajstić information content (AvgIpc) is 2.94. The minimum atomic E-state index is -4.57. The van der Waals surface area contributed by atoms with Gasteiger partial charge in [0, 0.05) is 38.4 Å². The molecular formula is C16H19F3N4O. The van der Waals surface area contributed by atoms with Crippen LogP contribution in [0.5, 0.6) is 0 Å². The molecule has 2 aromatic rings. The van der Waals surface area contributed by atoms with Gasteiger partial charge in [-0.3, -0.25) is 9.48 Å². The maximum Gasteiger partial charge on any atom is 0.435 e. The van der Waals surface area contributed by atoms with Crippen LogP contribution in [-0.4, -0.2) is 35.3 Å². The highest BCUT2D eigenvalue weighted by Crippen LogP contribution is 2.28. The fraction of sp³-hybridized carbons (Fsp3) is 0.375. The third kappa shape index (κ3) is 4.06. The lowest BCUT2D eigenvalue weighted by Gasteiger charge is -2.27. The molecule has 0 fully saturated rings. The molecule has 1 amide bonds. The molecular weight excluding hydrogens is 321 g/mol. The Morgan fingerprint density at radius 1 is 1.33 bits per heavy atom. The van der Waals surface area contributed by atoms with E-state index >= 15 is 0 Å². The highest BCUT2D eigenvalue weighted by Gasteiger charge is 2.35. The summed E-state index contributed by atoms with van der Waals surface area (Å²) in [6.07, 6.45) is -4.57. The Labute approximate surface area is 138 Å². The summed E-state index contributed by atoms with van der Waals surface area (Å²) in [5.41, 5.74) is -0.222. The van der Waals surface area contributed by atoms with Gasteiger partial charge in [0.2, 0.25) is 0 Å². The van der Waals surface area contributed by atoms with Gasteiger partial charge in [-0.25, -0.2) is 0 Å². The highest BCUT2D eigenvalue weighted by atomic mass is 19.4. The molecule has 0 radical (unpaired) electrons. The van der Waals surface area contributed by atoms with Crippen LogP contribution < -0.4 is 10.2 Å². The number of carbonyl (C=O) groups is 1. The number of amides is 1. The Morgan fingerprint density at radius 2 is 1.96 bits per heavy atom. The van der Waals surface area contributed by atoms with Crippen molar-refractivity contribution in [3.8, 4) is 0 Å². The van der Waals surface area contributed by atoms with Crippen LogP contribution in [0.1, 0.15) is 23.1 Å². The van der Waals surface area contributed by atoms with Crippen molar-refractivity contribution in [2.24, 2.45) is 7.05 Å². The molecule has 24 heavy (non-hydrogen) atoms. The van der Waals surface area contributed by atoms with Crippen molar-refractivity contribution in [3.05, 3.63) is 47.8 Å². The summed E-state index contributed by atoms with van der Waals surface area (Å²) in [6.45, 7) is 2.20. The summed E-state index contributed by atoms with van der Waals surface area (Å²) in [7, 11) is 3.20. The first-order chi connectivity index (χ1) is 11.2. The molecule has 0 saturated carbocycles. The van der Waals surface area contributed by atoms with Crippen LogP contribution in [0.4, 0.5) is 18.9 Å². The van der Waals surface area contributed by atoms with Gasteiger partial charge < -0.3 is 10.2 Å². The number of benzene rings is 1. The van der Waals surface area contributed by atoms with Crippen molar-refractivity contribution in [3.63, 3.8) is 0 Å².